The number of rotatable bonds is 4. The second-order valence-electron chi connectivity index (χ2n) is 3.64. The third kappa shape index (κ3) is 2.61. The van der Waals surface area contributed by atoms with E-state index in [0.717, 1.165) is 17.0 Å². The van der Waals surface area contributed by atoms with Crippen LogP contribution in [0.3, 0.4) is 0 Å². The quantitative estimate of drug-likeness (QED) is 0.855. The molecular formula is C12H14N2O2. The summed E-state index contributed by atoms with van der Waals surface area (Å²) >= 11 is 0. The number of aromatic nitrogens is 1. The largest absolute Gasteiger partial charge is 0.487 e. The van der Waals surface area contributed by atoms with E-state index >= 15 is 0 Å². The van der Waals surface area contributed by atoms with Crippen LogP contribution in [0.2, 0.25) is 0 Å². The first kappa shape index (κ1) is 10.7. The summed E-state index contributed by atoms with van der Waals surface area (Å²) in [6.07, 6.45) is 1.53. The van der Waals surface area contributed by atoms with Crippen LogP contribution in [0.4, 0.5) is 0 Å². The molecule has 0 aliphatic heterocycles. The minimum atomic E-state index is 0.0459. The van der Waals surface area contributed by atoms with E-state index in [9.17, 15) is 0 Å². The van der Waals surface area contributed by atoms with Crippen LogP contribution in [-0.4, -0.2) is 5.16 Å². The standard InChI is InChI=1S/C12H14N2O2/c1-9(13)10-2-4-12(5-3-10)15-8-11-6-7-16-14-11/h2-7,9H,8,13H2,1H3. The summed E-state index contributed by atoms with van der Waals surface area (Å²) in [5.41, 5.74) is 7.62. The van der Waals surface area contributed by atoms with Crippen molar-refractivity contribution in [3.05, 3.63) is 47.9 Å². The normalized spacial score (nSPS) is 12.4. The molecule has 84 valence electrons. The van der Waals surface area contributed by atoms with E-state index in [2.05, 4.69) is 5.16 Å². The molecule has 0 spiro atoms. The van der Waals surface area contributed by atoms with Gasteiger partial charge < -0.3 is 15.0 Å². The maximum absolute atomic E-state index is 5.75. The van der Waals surface area contributed by atoms with Crippen molar-refractivity contribution in [2.24, 2.45) is 5.73 Å². The van der Waals surface area contributed by atoms with E-state index in [1.165, 1.54) is 6.26 Å². The van der Waals surface area contributed by atoms with E-state index in [0.29, 0.717) is 6.61 Å². The van der Waals surface area contributed by atoms with Gasteiger partial charge in [0, 0.05) is 12.1 Å². The molecule has 0 amide bonds. The van der Waals surface area contributed by atoms with Crippen LogP contribution in [0.1, 0.15) is 24.2 Å². The third-order valence-electron chi connectivity index (χ3n) is 2.28. The smallest absolute Gasteiger partial charge is 0.134 e. The van der Waals surface area contributed by atoms with Crippen molar-refractivity contribution in [1.82, 2.24) is 5.16 Å². The van der Waals surface area contributed by atoms with E-state index in [1.54, 1.807) is 6.07 Å². The zero-order valence-electron chi connectivity index (χ0n) is 9.09. The van der Waals surface area contributed by atoms with Crippen LogP contribution < -0.4 is 10.5 Å². The Morgan fingerprint density at radius 1 is 1.31 bits per heavy atom. The van der Waals surface area contributed by atoms with Gasteiger partial charge in [-0.3, -0.25) is 0 Å². The van der Waals surface area contributed by atoms with Crippen LogP contribution in [0.25, 0.3) is 0 Å². The van der Waals surface area contributed by atoms with E-state index in [4.69, 9.17) is 15.0 Å². The van der Waals surface area contributed by atoms with Gasteiger partial charge >= 0.3 is 0 Å². The molecule has 2 aromatic rings. The Kier molecular flexibility index (Phi) is 3.22. The number of benzene rings is 1. The van der Waals surface area contributed by atoms with Gasteiger partial charge in [0.1, 0.15) is 24.3 Å². The Bertz CT molecular complexity index is 421. The molecule has 1 aromatic carbocycles. The summed E-state index contributed by atoms with van der Waals surface area (Å²) in [7, 11) is 0. The lowest BCUT2D eigenvalue weighted by molar-refractivity contribution is 0.289. The second-order valence-corrected chi connectivity index (χ2v) is 3.64. The van der Waals surface area contributed by atoms with Crippen molar-refractivity contribution in [2.45, 2.75) is 19.6 Å². The van der Waals surface area contributed by atoms with Gasteiger partial charge in [-0.15, -0.1) is 0 Å². The fourth-order valence-electron chi connectivity index (χ4n) is 1.34. The van der Waals surface area contributed by atoms with Crippen molar-refractivity contribution >= 4 is 0 Å². The fourth-order valence-corrected chi connectivity index (χ4v) is 1.34. The van der Waals surface area contributed by atoms with Gasteiger partial charge in [-0.05, 0) is 24.6 Å². The zero-order valence-corrected chi connectivity index (χ0v) is 9.09. The maximum atomic E-state index is 5.75. The van der Waals surface area contributed by atoms with Gasteiger partial charge in [-0.1, -0.05) is 17.3 Å². The van der Waals surface area contributed by atoms with E-state index < -0.39 is 0 Å². The molecule has 0 radical (unpaired) electrons. The highest BCUT2D eigenvalue weighted by Gasteiger charge is 2.01. The van der Waals surface area contributed by atoms with Gasteiger partial charge in [0.25, 0.3) is 0 Å². The number of nitrogens with zero attached hydrogens (tertiary/aromatic N) is 1. The average molecular weight is 218 g/mol. The Morgan fingerprint density at radius 3 is 2.62 bits per heavy atom. The first-order valence-electron chi connectivity index (χ1n) is 5.13. The first-order chi connectivity index (χ1) is 7.75. The first-order valence-corrected chi connectivity index (χ1v) is 5.13. The number of hydrogen-bond acceptors (Lipinski definition) is 4. The predicted molar refractivity (Wildman–Crippen MR) is 59.9 cm³/mol. The van der Waals surface area contributed by atoms with Crippen LogP contribution in [0.15, 0.2) is 41.1 Å². The molecule has 4 heteroatoms. The molecule has 0 aliphatic carbocycles. The van der Waals surface area contributed by atoms with Gasteiger partial charge in [0.05, 0.1) is 0 Å². The molecule has 0 aliphatic rings. The average Bonchev–Trinajstić information content (AvgIpc) is 2.80. The molecule has 0 saturated carbocycles. The van der Waals surface area contributed by atoms with Crippen molar-refractivity contribution < 1.29 is 9.26 Å². The summed E-state index contributed by atoms with van der Waals surface area (Å²) in [5, 5.41) is 3.76. The number of ether oxygens (including phenoxy) is 1. The van der Waals surface area contributed by atoms with Crippen molar-refractivity contribution in [2.75, 3.05) is 0 Å². The Balaban J connectivity index is 1.95. The Hall–Kier alpha value is -1.81. The molecule has 0 bridgehead atoms. The summed E-state index contributed by atoms with van der Waals surface area (Å²) in [4.78, 5) is 0. The minimum absolute atomic E-state index is 0.0459. The lowest BCUT2D eigenvalue weighted by atomic mass is 10.1. The van der Waals surface area contributed by atoms with E-state index in [1.807, 2.05) is 31.2 Å². The third-order valence-corrected chi connectivity index (χ3v) is 2.28. The number of nitrogens with two attached hydrogens (primary N) is 1. The molecule has 1 heterocycles. The maximum Gasteiger partial charge on any atom is 0.134 e. The van der Waals surface area contributed by atoms with Crippen molar-refractivity contribution in [3.8, 4) is 5.75 Å². The van der Waals surface area contributed by atoms with Gasteiger partial charge in [0.15, 0.2) is 0 Å². The lowest BCUT2D eigenvalue weighted by Crippen LogP contribution is -2.04. The molecule has 4 nitrogen and oxygen atoms in total. The molecule has 2 rings (SSSR count). The zero-order chi connectivity index (χ0) is 11.4. The van der Waals surface area contributed by atoms with Crippen LogP contribution >= 0.6 is 0 Å². The van der Waals surface area contributed by atoms with E-state index in [-0.39, 0.29) is 6.04 Å². The molecule has 1 unspecified atom stereocenters. The molecule has 0 saturated heterocycles. The highest BCUT2D eigenvalue weighted by Crippen LogP contribution is 2.16. The highest BCUT2D eigenvalue weighted by atomic mass is 16.5. The van der Waals surface area contributed by atoms with Crippen LogP contribution in [0.5, 0.6) is 5.75 Å². The minimum Gasteiger partial charge on any atom is -0.487 e. The molecular weight excluding hydrogens is 204 g/mol. The Labute approximate surface area is 94.0 Å². The summed E-state index contributed by atoms with van der Waals surface area (Å²) < 4.78 is 10.2. The topological polar surface area (TPSA) is 61.3 Å². The summed E-state index contributed by atoms with van der Waals surface area (Å²) in [5.74, 6) is 0.799. The highest BCUT2D eigenvalue weighted by molar-refractivity contribution is 5.28. The Morgan fingerprint density at radius 2 is 2.06 bits per heavy atom. The summed E-state index contributed by atoms with van der Waals surface area (Å²) in [6, 6.07) is 9.55. The summed E-state index contributed by atoms with van der Waals surface area (Å²) in [6.45, 7) is 2.36. The molecule has 1 aromatic heterocycles. The lowest BCUT2D eigenvalue weighted by Gasteiger charge is -2.07. The van der Waals surface area contributed by atoms with Gasteiger partial charge in [0.2, 0.25) is 0 Å². The molecule has 2 N–H and O–H groups in total. The number of hydrogen-bond donors (Lipinski definition) is 1. The monoisotopic (exact) mass is 218 g/mol. The van der Waals surface area contributed by atoms with Crippen LogP contribution in [-0.2, 0) is 6.61 Å². The predicted octanol–water partition coefficient (Wildman–Crippen LogP) is 2.27. The fraction of sp³-hybridized carbons (Fsp3) is 0.250. The molecule has 1 atom stereocenters. The second kappa shape index (κ2) is 4.81. The van der Waals surface area contributed by atoms with Crippen LogP contribution in [0, 0.1) is 0 Å². The van der Waals surface area contributed by atoms with Gasteiger partial charge in [-0.25, -0.2) is 0 Å². The SMILES string of the molecule is CC(N)c1ccc(OCc2ccon2)cc1. The van der Waals surface area contributed by atoms with Gasteiger partial charge in [-0.2, -0.15) is 0 Å². The van der Waals surface area contributed by atoms with Crippen molar-refractivity contribution in [1.29, 1.82) is 0 Å². The molecule has 16 heavy (non-hydrogen) atoms. The van der Waals surface area contributed by atoms with Crippen molar-refractivity contribution in [3.63, 3.8) is 0 Å². The molecule has 0 fully saturated rings.